The van der Waals surface area contributed by atoms with Crippen molar-refractivity contribution in [1.82, 2.24) is 15.0 Å². The summed E-state index contributed by atoms with van der Waals surface area (Å²) in [6.07, 6.45) is 8.70. The number of piperidine rings is 1. The van der Waals surface area contributed by atoms with Crippen molar-refractivity contribution in [2.24, 2.45) is 5.92 Å². The Bertz CT molecular complexity index is 479. The fourth-order valence-corrected chi connectivity index (χ4v) is 3.62. The lowest BCUT2D eigenvalue weighted by molar-refractivity contribution is 0.240. The summed E-state index contributed by atoms with van der Waals surface area (Å²) in [7, 11) is 0. The number of nitrogen functional groups attached to an aromatic ring is 1. The summed E-state index contributed by atoms with van der Waals surface area (Å²) in [5.41, 5.74) is 5.84. The average Bonchev–Trinajstić information content (AvgIpc) is 2.52. The summed E-state index contributed by atoms with van der Waals surface area (Å²) in [5, 5.41) is 0. The van der Waals surface area contributed by atoms with E-state index in [2.05, 4.69) is 26.8 Å². The Morgan fingerprint density at radius 2 is 1.95 bits per heavy atom. The minimum Gasteiger partial charge on any atom is -0.463 e. The van der Waals surface area contributed by atoms with Crippen LogP contribution in [-0.4, -0.2) is 34.1 Å². The first-order valence-electron chi connectivity index (χ1n) is 8.19. The minimum absolute atomic E-state index is 0.254. The van der Waals surface area contributed by atoms with Gasteiger partial charge in [0.25, 0.3) is 0 Å². The lowest BCUT2D eigenvalue weighted by Crippen LogP contribution is -2.47. The summed E-state index contributed by atoms with van der Waals surface area (Å²) in [4.78, 5) is 15.3. The zero-order valence-electron chi connectivity index (χ0n) is 12.8. The van der Waals surface area contributed by atoms with Gasteiger partial charge in [0.05, 0.1) is 6.61 Å². The summed E-state index contributed by atoms with van der Waals surface area (Å²) in [6, 6.07) is 0.922. The van der Waals surface area contributed by atoms with Crippen molar-refractivity contribution in [2.75, 3.05) is 23.8 Å². The second-order valence-electron chi connectivity index (χ2n) is 6.07. The Kier molecular flexibility index (Phi) is 4.41. The maximum Gasteiger partial charge on any atom is 0.323 e. The first-order valence-corrected chi connectivity index (χ1v) is 8.19. The van der Waals surface area contributed by atoms with Crippen LogP contribution in [-0.2, 0) is 0 Å². The molecule has 2 heterocycles. The molecule has 2 N–H and O–H groups in total. The summed E-state index contributed by atoms with van der Waals surface area (Å²) < 4.78 is 5.53. The van der Waals surface area contributed by atoms with Gasteiger partial charge in [-0.3, -0.25) is 0 Å². The summed E-state index contributed by atoms with van der Waals surface area (Å²) in [5.74, 6) is 1.74. The van der Waals surface area contributed by atoms with Crippen LogP contribution in [0.5, 0.6) is 6.01 Å². The van der Waals surface area contributed by atoms with E-state index in [4.69, 9.17) is 10.5 Å². The van der Waals surface area contributed by atoms with Crippen LogP contribution in [0.3, 0.4) is 0 Å². The molecule has 0 amide bonds. The first-order chi connectivity index (χ1) is 10.3. The number of nitrogens with two attached hydrogens (primary N) is 1. The molecule has 0 spiro atoms. The second-order valence-corrected chi connectivity index (χ2v) is 6.07. The second kappa shape index (κ2) is 6.45. The molecule has 1 aliphatic heterocycles. The van der Waals surface area contributed by atoms with Crippen LogP contribution < -0.4 is 15.4 Å². The number of rotatable bonds is 4. The SMILES string of the molecule is CCCOc1nc(N)nc(N2CCCC3CCCCC32)n1. The van der Waals surface area contributed by atoms with E-state index in [1.807, 2.05) is 0 Å². The molecule has 0 radical (unpaired) electrons. The molecule has 2 atom stereocenters. The van der Waals surface area contributed by atoms with E-state index in [-0.39, 0.29) is 5.95 Å². The lowest BCUT2D eigenvalue weighted by atomic mass is 9.78. The van der Waals surface area contributed by atoms with Crippen molar-refractivity contribution in [1.29, 1.82) is 0 Å². The molecule has 1 saturated carbocycles. The molecule has 3 rings (SSSR count). The monoisotopic (exact) mass is 291 g/mol. The van der Waals surface area contributed by atoms with Crippen LogP contribution in [0.4, 0.5) is 11.9 Å². The molecule has 2 unspecified atom stereocenters. The van der Waals surface area contributed by atoms with Gasteiger partial charge in [0.1, 0.15) is 0 Å². The first kappa shape index (κ1) is 14.4. The van der Waals surface area contributed by atoms with Crippen molar-refractivity contribution in [3.63, 3.8) is 0 Å². The van der Waals surface area contributed by atoms with Gasteiger partial charge < -0.3 is 15.4 Å². The highest BCUT2D eigenvalue weighted by atomic mass is 16.5. The quantitative estimate of drug-likeness (QED) is 0.918. The molecule has 0 bridgehead atoms. The molecule has 2 fully saturated rings. The van der Waals surface area contributed by atoms with Gasteiger partial charge in [-0.2, -0.15) is 15.0 Å². The van der Waals surface area contributed by atoms with Crippen molar-refractivity contribution in [2.45, 2.75) is 57.9 Å². The number of fused-ring (bicyclic) bond motifs is 1. The number of aromatic nitrogens is 3. The van der Waals surface area contributed by atoms with E-state index >= 15 is 0 Å². The molecule has 6 nitrogen and oxygen atoms in total. The number of hydrogen-bond acceptors (Lipinski definition) is 6. The fraction of sp³-hybridized carbons (Fsp3) is 0.800. The number of anilines is 2. The Morgan fingerprint density at radius 1 is 1.14 bits per heavy atom. The van der Waals surface area contributed by atoms with E-state index in [0.717, 1.165) is 18.9 Å². The molecule has 1 aromatic rings. The molecular formula is C15H25N5O. The van der Waals surface area contributed by atoms with Gasteiger partial charge in [-0.1, -0.05) is 19.8 Å². The molecule has 116 valence electrons. The van der Waals surface area contributed by atoms with Crippen LogP contribution in [0.25, 0.3) is 0 Å². The maximum atomic E-state index is 5.84. The summed E-state index contributed by atoms with van der Waals surface area (Å²) in [6.45, 7) is 3.68. The van der Waals surface area contributed by atoms with Gasteiger partial charge >= 0.3 is 6.01 Å². The van der Waals surface area contributed by atoms with Crippen LogP contribution in [0, 0.1) is 5.92 Å². The average molecular weight is 291 g/mol. The van der Waals surface area contributed by atoms with Gasteiger partial charge in [-0.05, 0) is 38.0 Å². The third-order valence-corrected chi connectivity index (χ3v) is 4.56. The van der Waals surface area contributed by atoms with Crippen molar-refractivity contribution in [3.8, 4) is 6.01 Å². The number of hydrogen-bond donors (Lipinski definition) is 1. The van der Waals surface area contributed by atoms with E-state index in [9.17, 15) is 0 Å². The van der Waals surface area contributed by atoms with Crippen molar-refractivity contribution in [3.05, 3.63) is 0 Å². The van der Waals surface area contributed by atoms with Crippen LogP contribution in [0.2, 0.25) is 0 Å². The maximum absolute atomic E-state index is 5.84. The molecule has 2 aliphatic rings. The molecule has 1 aliphatic carbocycles. The van der Waals surface area contributed by atoms with Crippen LogP contribution in [0.15, 0.2) is 0 Å². The highest BCUT2D eigenvalue weighted by molar-refractivity contribution is 5.38. The highest BCUT2D eigenvalue weighted by Crippen LogP contribution is 2.36. The van der Waals surface area contributed by atoms with E-state index in [1.165, 1.54) is 38.5 Å². The predicted molar refractivity (Wildman–Crippen MR) is 82.4 cm³/mol. The summed E-state index contributed by atoms with van der Waals surface area (Å²) >= 11 is 0. The largest absolute Gasteiger partial charge is 0.463 e. The van der Waals surface area contributed by atoms with Crippen molar-refractivity contribution < 1.29 is 4.74 Å². The number of ether oxygens (including phenoxy) is 1. The van der Waals surface area contributed by atoms with Crippen LogP contribution >= 0.6 is 0 Å². The van der Waals surface area contributed by atoms with Crippen LogP contribution in [0.1, 0.15) is 51.9 Å². The molecular weight excluding hydrogens is 266 g/mol. The standard InChI is InChI=1S/C15H25N5O/c1-2-10-21-15-18-13(16)17-14(19-15)20-9-5-7-11-6-3-4-8-12(11)20/h11-12H,2-10H2,1H3,(H2,16,17,18,19). The topological polar surface area (TPSA) is 77.2 Å². The van der Waals surface area contributed by atoms with Gasteiger partial charge in [0.15, 0.2) is 0 Å². The molecule has 6 heteroatoms. The highest BCUT2D eigenvalue weighted by Gasteiger charge is 2.34. The third-order valence-electron chi connectivity index (χ3n) is 4.56. The minimum atomic E-state index is 0.254. The van der Waals surface area contributed by atoms with Gasteiger partial charge in [0.2, 0.25) is 11.9 Å². The molecule has 1 saturated heterocycles. The Labute approximate surface area is 126 Å². The van der Waals surface area contributed by atoms with Gasteiger partial charge in [-0.25, -0.2) is 0 Å². The van der Waals surface area contributed by atoms with E-state index < -0.39 is 0 Å². The molecule has 21 heavy (non-hydrogen) atoms. The zero-order chi connectivity index (χ0) is 14.7. The van der Waals surface area contributed by atoms with E-state index in [1.54, 1.807) is 0 Å². The smallest absolute Gasteiger partial charge is 0.323 e. The Morgan fingerprint density at radius 3 is 2.81 bits per heavy atom. The third kappa shape index (κ3) is 3.19. The lowest BCUT2D eigenvalue weighted by Gasteiger charge is -2.44. The normalized spacial score (nSPS) is 25.5. The van der Waals surface area contributed by atoms with E-state index in [0.29, 0.717) is 24.6 Å². The van der Waals surface area contributed by atoms with Gasteiger partial charge in [0, 0.05) is 12.6 Å². The van der Waals surface area contributed by atoms with Gasteiger partial charge in [-0.15, -0.1) is 0 Å². The predicted octanol–water partition coefficient (Wildman–Crippen LogP) is 2.40. The Balaban J connectivity index is 1.82. The molecule has 0 aromatic carbocycles. The fourth-order valence-electron chi connectivity index (χ4n) is 3.62. The number of nitrogens with zero attached hydrogens (tertiary/aromatic N) is 4. The zero-order valence-corrected chi connectivity index (χ0v) is 12.8. The van der Waals surface area contributed by atoms with Crippen molar-refractivity contribution >= 4 is 11.9 Å². The molecule has 1 aromatic heterocycles. The Hall–Kier alpha value is -1.59.